The molecule has 19 heavy (non-hydrogen) atoms. The predicted molar refractivity (Wildman–Crippen MR) is 80.0 cm³/mol. The highest BCUT2D eigenvalue weighted by atomic mass is 32.1. The number of anilines is 1. The number of nitrogens with zero attached hydrogens (tertiary/aromatic N) is 1. The quantitative estimate of drug-likeness (QED) is 0.841. The number of aliphatic carboxylic acids is 1. The van der Waals surface area contributed by atoms with Gasteiger partial charge in [0.05, 0.1) is 0 Å². The summed E-state index contributed by atoms with van der Waals surface area (Å²) in [7, 11) is 1.76. The number of carbonyl (C=O) groups is 1. The summed E-state index contributed by atoms with van der Waals surface area (Å²) in [4.78, 5) is 13.3. The number of likely N-dealkylation sites (N-methyl/N-ethyl adjacent to an activating group) is 1. The summed E-state index contributed by atoms with van der Waals surface area (Å²) in [5, 5.41) is 8.75. The van der Waals surface area contributed by atoms with Crippen LogP contribution in [0.15, 0.2) is 53.4 Å². The van der Waals surface area contributed by atoms with Gasteiger partial charge in [0.1, 0.15) is 6.54 Å². The molecule has 0 heterocycles. The molecule has 0 aliphatic rings. The number of benzene rings is 2. The molecular formula is C15H15NO2S. The van der Waals surface area contributed by atoms with Crippen molar-refractivity contribution in [2.45, 2.75) is 4.90 Å². The molecule has 0 saturated heterocycles. The molecular weight excluding hydrogens is 258 g/mol. The molecule has 0 saturated carbocycles. The Kier molecular flexibility index (Phi) is 4.12. The lowest BCUT2D eigenvalue weighted by Gasteiger charge is -2.17. The van der Waals surface area contributed by atoms with Gasteiger partial charge in [-0.3, -0.25) is 4.79 Å². The standard InChI is InChI=1S/C15H15NO2S/c1-16(10-15(17)18)13-6-2-11(3-7-13)12-4-8-14(19)9-5-12/h2-9,19H,10H2,1H3,(H,17,18). The van der Waals surface area contributed by atoms with Gasteiger partial charge in [-0.1, -0.05) is 24.3 Å². The molecule has 4 heteroatoms. The largest absolute Gasteiger partial charge is 0.480 e. The average Bonchev–Trinajstić information content (AvgIpc) is 2.39. The second-order valence-electron chi connectivity index (χ2n) is 4.34. The van der Waals surface area contributed by atoms with Crippen molar-refractivity contribution in [2.75, 3.05) is 18.5 Å². The van der Waals surface area contributed by atoms with Crippen LogP contribution in [0, 0.1) is 0 Å². The van der Waals surface area contributed by atoms with Crippen molar-refractivity contribution in [1.29, 1.82) is 0 Å². The maximum absolute atomic E-state index is 10.7. The summed E-state index contributed by atoms with van der Waals surface area (Å²) in [5.74, 6) is -0.837. The van der Waals surface area contributed by atoms with E-state index in [0.29, 0.717) is 0 Å². The third-order valence-electron chi connectivity index (χ3n) is 2.88. The zero-order valence-electron chi connectivity index (χ0n) is 10.6. The highest BCUT2D eigenvalue weighted by Crippen LogP contribution is 2.23. The van der Waals surface area contributed by atoms with E-state index in [4.69, 9.17) is 5.11 Å². The summed E-state index contributed by atoms with van der Waals surface area (Å²) in [6.45, 7) is -0.00625. The zero-order chi connectivity index (χ0) is 13.8. The monoisotopic (exact) mass is 273 g/mol. The molecule has 98 valence electrons. The molecule has 3 nitrogen and oxygen atoms in total. The van der Waals surface area contributed by atoms with Crippen LogP contribution >= 0.6 is 12.6 Å². The van der Waals surface area contributed by atoms with E-state index in [2.05, 4.69) is 12.6 Å². The van der Waals surface area contributed by atoms with Crippen molar-refractivity contribution < 1.29 is 9.90 Å². The van der Waals surface area contributed by atoms with Gasteiger partial charge in [-0.15, -0.1) is 12.6 Å². The molecule has 0 radical (unpaired) electrons. The highest BCUT2D eigenvalue weighted by molar-refractivity contribution is 7.80. The minimum absolute atomic E-state index is 0.00625. The molecule has 0 aromatic heterocycles. The van der Waals surface area contributed by atoms with Gasteiger partial charge in [-0.25, -0.2) is 0 Å². The van der Waals surface area contributed by atoms with Crippen LogP contribution in [0.5, 0.6) is 0 Å². The summed E-state index contributed by atoms with van der Waals surface area (Å²) in [5.41, 5.74) is 3.10. The third-order valence-corrected chi connectivity index (χ3v) is 3.18. The first-order valence-corrected chi connectivity index (χ1v) is 6.33. The van der Waals surface area contributed by atoms with Gasteiger partial charge >= 0.3 is 5.97 Å². The summed E-state index contributed by atoms with van der Waals surface area (Å²) >= 11 is 4.26. The van der Waals surface area contributed by atoms with Crippen LogP contribution in [-0.2, 0) is 4.79 Å². The molecule has 2 aromatic rings. The van der Waals surface area contributed by atoms with Crippen molar-refractivity contribution in [3.63, 3.8) is 0 Å². The van der Waals surface area contributed by atoms with Crippen molar-refractivity contribution >= 4 is 24.3 Å². The molecule has 0 atom stereocenters. The first-order valence-electron chi connectivity index (χ1n) is 5.88. The Morgan fingerprint density at radius 3 is 2.00 bits per heavy atom. The third kappa shape index (κ3) is 3.51. The second-order valence-corrected chi connectivity index (χ2v) is 4.86. The van der Waals surface area contributed by atoms with Crippen molar-refractivity contribution in [2.24, 2.45) is 0 Å². The number of thiol groups is 1. The zero-order valence-corrected chi connectivity index (χ0v) is 11.5. The van der Waals surface area contributed by atoms with Gasteiger partial charge in [-0.2, -0.15) is 0 Å². The number of hydrogen-bond acceptors (Lipinski definition) is 3. The second kappa shape index (κ2) is 5.80. The van der Waals surface area contributed by atoms with Crippen molar-refractivity contribution in [1.82, 2.24) is 0 Å². The lowest BCUT2D eigenvalue weighted by Crippen LogP contribution is -2.24. The first kappa shape index (κ1) is 13.5. The fourth-order valence-electron chi connectivity index (χ4n) is 1.86. The van der Waals surface area contributed by atoms with E-state index in [1.165, 1.54) is 0 Å². The molecule has 2 aromatic carbocycles. The molecule has 0 aliphatic carbocycles. The SMILES string of the molecule is CN(CC(=O)O)c1ccc(-c2ccc(S)cc2)cc1. The number of rotatable bonds is 4. The van der Waals surface area contributed by atoms with E-state index in [0.717, 1.165) is 21.7 Å². The predicted octanol–water partition coefficient (Wildman–Crippen LogP) is 3.16. The Balaban J connectivity index is 2.18. The van der Waals surface area contributed by atoms with E-state index < -0.39 is 5.97 Å². The lowest BCUT2D eigenvalue weighted by molar-refractivity contribution is -0.135. The van der Waals surface area contributed by atoms with Crippen LogP contribution in [0.3, 0.4) is 0 Å². The Labute approximate surface area is 117 Å². The number of hydrogen-bond donors (Lipinski definition) is 2. The van der Waals surface area contributed by atoms with Crippen molar-refractivity contribution in [3.05, 3.63) is 48.5 Å². The molecule has 0 amide bonds. The normalized spacial score (nSPS) is 10.2. The number of carboxylic acid groups (broad SMARTS) is 1. The molecule has 1 N–H and O–H groups in total. The van der Waals surface area contributed by atoms with E-state index >= 15 is 0 Å². The van der Waals surface area contributed by atoms with Crippen LogP contribution in [-0.4, -0.2) is 24.7 Å². The maximum atomic E-state index is 10.7. The molecule has 0 aliphatic heterocycles. The van der Waals surface area contributed by atoms with Crippen molar-refractivity contribution in [3.8, 4) is 11.1 Å². The van der Waals surface area contributed by atoms with E-state index in [1.54, 1.807) is 11.9 Å². The van der Waals surface area contributed by atoms with Gasteiger partial charge < -0.3 is 10.0 Å². The first-order chi connectivity index (χ1) is 9.06. The van der Waals surface area contributed by atoms with Gasteiger partial charge in [0.2, 0.25) is 0 Å². The van der Waals surface area contributed by atoms with Crippen LogP contribution in [0.4, 0.5) is 5.69 Å². The lowest BCUT2D eigenvalue weighted by atomic mass is 10.1. The highest BCUT2D eigenvalue weighted by Gasteiger charge is 2.05. The van der Waals surface area contributed by atoms with Crippen LogP contribution in [0.2, 0.25) is 0 Å². The minimum Gasteiger partial charge on any atom is -0.480 e. The van der Waals surface area contributed by atoms with E-state index in [-0.39, 0.29) is 6.54 Å². The molecule has 0 spiro atoms. The fraction of sp³-hybridized carbons (Fsp3) is 0.133. The van der Waals surface area contributed by atoms with Gasteiger partial charge in [0.25, 0.3) is 0 Å². The summed E-state index contributed by atoms with van der Waals surface area (Å²) in [6, 6.07) is 15.7. The molecule has 0 unspecified atom stereocenters. The maximum Gasteiger partial charge on any atom is 0.323 e. The van der Waals surface area contributed by atoms with Crippen LogP contribution < -0.4 is 4.90 Å². The van der Waals surface area contributed by atoms with Gasteiger partial charge in [0, 0.05) is 17.6 Å². The molecule has 2 rings (SSSR count). The number of carboxylic acids is 1. The van der Waals surface area contributed by atoms with Crippen LogP contribution in [0.1, 0.15) is 0 Å². The fourth-order valence-corrected chi connectivity index (χ4v) is 2.01. The Bertz CT molecular complexity index is 564. The Hall–Kier alpha value is -1.94. The Morgan fingerprint density at radius 2 is 1.53 bits per heavy atom. The summed E-state index contributed by atoms with van der Waals surface area (Å²) < 4.78 is 0. The minimum atomic E-state index is -0.837. The van der Waals surface area contributed by atoms with Gasteiger partial charge in [0.15, 0.2) is 0 Å². The van der Waals surface area contributed by atoms with Crippen LogP contribution in [0.25, 0.3) is 11.1 Å². The molecule has 0 fully saturated rings. The Morgan fingerprint density at radius 1 is 1.05 bits per heavy atom. The average molecular weight is 273 g/mol. The molecule has 0 bridgehead atoms. The van der Waals surface area contributed by atoms with E-state index in [9.17, 15) is 4.79 Å². The summed E-state index contributed by atoms with van der Waals surface area (Å²) in [6.07, 6.45) is 0. The smallest absolute Gasteiger partial charge is 0.323 e. The topological polar surface area (TPSA) is 40.5 Å². The van der Waals surface area contributed by atoms with E-state index in [1.807, 2.05) is 48.5 Å². The van der Waals surface area contributed by atoms with Gasteiger partial charge in [-0.05, 0) is 35.4 Å².